The first-order valence-corrected chi connectivity index (χ1v) is 10.6. The summed E-state index contributed by atoms with van der Waals surface area (Å²) in [5.74, 6) is 0.681. The lowest BCUT2D eigenvalue weighted by Crippen LogP contribution is -2.44. The second kappa shape index (κ2) is 12.4. The van der Waals surface area contributed by atoms with Gasteiger partial charge in [0.25, 0.3) is 0 Å². The Balaban J connectivity index is 0.00000341. The number of rotatable bonds is 8. The SMILES string of the molecule is CCNC(=NCc1cccc(CN2CCOCC2)c1)NCC(C)(O)c1cnn(C)c1.I. The molecule has 1 aliphatic heterocycles. The molecule has 0 saturated carbocycles. The van der Waals surface area contributed by atoms with Gasteiger partial charge in [0.05, 0.1) is 32.5 Å². The molecule has 1 fully saturated rings. The van der Waals surface area contributed by atoms with Crippen molar-refractivity contribution in [2.45, 2.75) is 32.5 Å². The summed E-state index contributed by atoms with van der Waals surface area (Å²) in [4.78, 5) is 7.12. The Bertz CT molecular complexity index is 833. The van der Waals surface area contributed by atoms with E-state index in [1.807, 2.05) is 20.2 Å². The number of aliphatic hydroxyl groups is 1. The number of morpholine rings is 1. The highest BCUT2D eigenvalue weighted by molar-refractivity contribution is 14.0. The fraction of sp³-hybridized carbons (Fsp3) is 0.545. The van der Waals surface area contributed by atoms with Gasteiger partial charge in [0, 0.05) is 45.0 Å². The summed E-state index contributed by atoms with van der Waals surface area (Å²) in [5, 5.41) is 21.4. The number of halogens is 1. The van der Waals surface area contributed by atoms with Crippen molar-refractivity contribution in [1.82, 2.24) is 25.3 Å². The fourth-order valence-corrected chi connectivity index (χ4v) is 3.41. The van der Waals surface area contributed by atoms with Gasteiger partial charge in [-0.2, -0.15) is 5.10 Å². The molecule has 172 valence electrons. The number of nitrogens with zero attached hydrogens (tertiary/aromatic N) is 4. The summed E-state index contributed by atoms with van der Waals surface area (Å²) >= 11 is 0. The highest BCUT2D eigenvalue weighted by atomic mass is 127. The van der Waals surface area contributed by atoms with Crippen LogP contribution in [0.4, 0.5) is 0 Å². The molecule has 1 saturated heterocycles. The topological polar surface area (TPSA) is 86.9 Å². The first-order chi connectivity index (χ1) is 14.5. The van der Waals surface area contributed by atoms with Gasteiger partial charge in [-0.15, -0.1) is 24.0 Å². The van der Waals surface area contributed by atoms with Crippen molar-refractivity contribution in [3.8, 4) is 0 Å². The van der Waals surface area contributed by atoms with Crippen LogP contribution in [-0.2, 0) is 30.5 Å². The summed E-state index contributed by atoms with van der Waals surface area (Å²) < 4.78 is 7.12. The first-order valence-electron chi connectivity index (χ1n) is 10.6. The molecule has 8 nitrogen and oxygen atoms in total. The van der Waals surface area contributed by atoms with E-state index in [4.69, 9.17) is 9.73 Å². The van der Waals surface area contributed by atoms with E-state index in [1.54, 1.807) is 17.8 Å². The molecule has 1 unspecified atom stereocenters. The van der Waals surface area contributed by atoms with Crippen LogP contribution in [0.25, 0.3) is 0 Å². The van der Waals surface area contributed by atoms with Crippen LogP contribution in [-0.4, -0.2) is 65.1 Å². The van der Waals surface area contributed by atoms with Gasteiger partial charge in [-0.05, 0) is 25.0 Å². The molecule has 1 atom stereocenters. The molecule has 3 rings (SSSR count). The van der Waals surface area contributed by atoms with Crippen molar-refractivity contribution in [2.24, 2.45) is 12.0 Å². The maximum atomic E-state index is 10.8. The van der Waals surface area contributed by atoms with E-state index in [2.05, 4.69) is 44.9 Å². The van der Waals surface area contributed by atoms with Crippen molar-refractivity contribution in [1.29, 1.82) is 0 Å². The standard InChI is InChI=1S/C22H34N6O2.HI/c1-4-23-21(25-17-22(2,29)20-14-26-27(3)16-20)24-13-18-6-5-7-19(12-18)15-28-8-10-30-11-9-28;/h5-7,12,14,16,29H,4,8-11,13,15,17H2,1-3H3,(H2,23,24,25);1H. The van der Waals surface area contributed by atoms with Crippen LogP contribution in [0.3, 0.4) is 0 Å². The molecule has 1 aromatic heterocycles. The third-order valence-electron chi connectivity index (χ3n) is 5.19. The number of hydrogen-bond donors (Lipinski definition) is 3. The lowest BCUT2D eigenvalue weighted by atomic mass is 10.00. The summed E-state index contributed by atoms with van der Waals surface area (Å²) in [6, 6.07) is 8.57. The van der Waals surface area contributed by atoms with Crippen molar-refractivity contribution < 1.29 is 9.84 Å². The summed E-state index contributed by atoms with van der Waals surface area (Å²) in [6.07, 6.45) is 3.51. The maximum absolute atomic E-state index is 10.8. The Morgan fingerprint density at radius 3 is 2.68 bits per heavy atom. The Morgan fingerprint density at radius 2 is 2.00 bits per heavy atom. The van der Waals surface area contributed by atoms with Gasteiger partial charge in [0.2, 0.25) is 0 Å². The van der Waals surface area contributed by atoms with E-state index in [0.29, 0.717) is 19.0 Å². The Kier molecular flexibility index (Phi) is 10.2. The second-order valence-corrected chi connectivity index (χ2v) is 7.93. The van der Waals surface area contributed by atoms with E-state index in [1.165, 1.54) is 5.56 Å². The number of aryl methyl sites for hydroxylation is 1. The Morgan fingerprint density at radius 1 is 1.26 bits per heavy atom. The van der Waals surface area contributed by atoms with Gasteiger partial charge < -0.3 is 20.5 Å². The van der Waals surface area contributed by atoms with Crippen molar-refractivity contribution in [3.63, 3.8) is 0 Å². The lowest BCUT2D eigenvalue weighted by Gasteiger charge is -2.26. The monoisotopic (exact) mass is 542 g/mol. The summed E-state index contributed by atoms with van der Waals surface area (Å²) in [6.45, 7) is 9.97. The average molecular weight is 542 g/mol. The summed E-state index contributed by atoms with van der Waals surface area (Å²) in [5.41, 5.74) is 2.19. The zero-order chi connectivity index (χ0) is 21.4. The zero-order valence-corrected chi connectivity index (χ0v) is 21.0. The molecule has 2 heterocycles. The van der Waals surface area contributed by atoms with Gasteiger partial charge in [0.1, 0.15) is 5.60 Å². The number of guanidine groups is 1. The van der Waals surface area contributed by atoms with Gasteiger partial charge in [-0.3, -0.25) is 9.58 Å². The molecule has 1 aromatic carbocycles. The highest BCUT2D eigenvalue weighted by Gasteiger charge is 2.25. The van der Waals surface area contributed by atoms with Gasteiger partial charge in [0.15, 0.2) is 5.96 Å². The first kappa shape index (κ1) is 25.6. The zero-order valence-electron chi connectivity index (χ0n) is 18.7. The minimum atomic E-state index is -1.04. The van der Waals surface area contributed by atoms with E-state index in [9.17, 15) is 5.11 Å². The molecular weight excluding hydrogens is 507 g/mol. The van der Waals surface area contributed by atoms with Crippen LogP contribution < -0.4 is 10.6 Å². The number of aromatic nitrogens is 2. The molecule has 0 amide bonds. The number of benzene rings is 1. The van der Waals surface area contributed by atoms with Crippen molar-refractivity contribution in [3.05, 3.63) is 53.3 Å². The van der Waals surface area contributed by atoms with Crippen LogP contribution in [0.2, 0.25) is 0 Å². The molecule has 31 heavy (non-hydrogen) atoms. The predicted molar refractivity (Wildman–Crippen MR) is 134 cm³/mol. The Hall–Kier alpha value is -1.69. The summed E-state index contributed by atoms with van der Waals surface area (Å²) in [7, 11) is 1.84. The Labute approximate surface area is 202 Å². The molecule has 0 spiro atoms. The van der Waals surface area contributed by atoms with Crippen LogP contribution in [0, 0.1) is 0 Å². The number of ether oxygens (including phenoxy) is 1. The molecule has 0 aliphatic carbocycles. The average Bonchev–Trinajstić information content (AvgIpc) is 3.18. The number of hydrogen-bond acceptors (Lipinski definition) is 5. The number of nitrogens with one attached hydrogen (secondary N) is 2. The molecule has 0 radical (unpaired) electrons. The van der Waals surface area contributed by atoms with Crippen molar-refractivity contribution >= 4 is 29.9 Å². The maximum Gasteiger partial charge on any atom is 0.191 e. The van der Waals surface area contributed by atoms with E-state index < -0.39 is 5.60 Å². The highest BCUT2D eigenvalue weighted by Crippen LogP contribution is 2.18. The van der Waals surface area contributed by atoms with Crippen LogP contribution >= 0.6 is 24.0 Å². The van der Waals surface area contributed by atoms with E-state index in [-0.39, 0.29) is 24.0 Å². The van der Waals surface area contributed by atoms with E-state index >= 15 is 0 Å². The normalized spacial score (nSPS) is 17.0. The largest absolute Gasteiger partial charge is 0.383 e. The minimum absolute atomic E-state index is 0. The van der Waals surface area contributed by atoms with Gasteiger partial charge in [-0.25, -0.2) is 4.99 Å². The smallest absolute Gasteiger partial charge is 0.191 e. The molecular formula is C22H35IN6O2. The molecule has 0 bridgehead atoms. The molecule has 1 aliphatic rings. The third kappa shape index (κ3) is 8.06. The fourth-order valence-electron chi connectivity index (χ4n) is 3.41. The number of aliphatic imine (C=N–C) groups is 1. The molecule has 9 heteroatoms. The minimum Gasteiger partial charge on any atom is -0.383 e. The van der Waals surface area contributed by atoms with Crippen LogP contribution in [0.1, 0.15) is 30.5 Å². The third-order valence-corrected chi connectivity index (χ3v) is 5.19. The molecule has 3 N–H and O–H groups in total. The predicted octanol–water partition coefficient (Wildman–Crippen LogP) is 1.83. The lowest BCUT2D eigenvalue weighted by molar-refractivity contribution is 0.0342. The van der Waals surface area contributed by atoms with Gasteiger partial charge >= 0.3 is 0 Å². The molecule has 2 aromatic rings. The quantitative estimate of drug-likeness (QED) is 0.268. The van der Waals surface area contributed by atoms with Crippen LogP contribution in [0.5, 0.6) is 0 Å². The van der Waals surface area contributed by atoms with Gasteiger partial charge in [-0.1, -0.05) is 24.3 Å². The van der Waals surface area contributed by atoms with Crippen LogP contribution in [0.15, 0.2) is 41.7 Å². The van der Waals surface area contributed by atoms with Crippen molar-refractivity contribution in [2.75, 3.05) is 39.4 Å². The van der Waals surface area contributed by atoms with E-state index in [0.717, 1.165) is 50.5 Å². The second-order valence-electron chi connectivity index (χ2n) is 7.93.